The number of hydrogen-bond donors (Lipinski definition) is 1. The third kappa shape index (κ3) is 3.47. The molecule has 0 saturated carbocycles. The van der Waals surface area contributed by atoms with Gasteiger partial charge < -0.3 is 14.7 Å². The molecule has 0 aromatic heterocycles. The number of rotatable bonds is 5. The Morgan fingerprint density at radius 3 is 3.00 bits per heavy atom. The van der Waals surface area contributed by atoms with Crippen molar-refractivity contribution < 1.29 is 14.6 Å². The van der Waals surface area contributed by atoms with Crippen LogP contribution in [0, 0.1) is 0 Å². The Morgan fingerprint density at radius 2 is 2.26 bits per heavy atom. The van der Waals surface area contributed by atoms with Crippen molar-refractivity contribution in [2.24, 2.45) is 0 Å². The molecule has 0 aliphatic carbocycles. The number of anilines is 1. The van der Waals surface area contributed by atoms with Gasteiger partial charge in [-0.2, -0.15) is 0 Å². The van der Waals surface area contributed by atoms with Crippen LogP contribution in [0.1, 0.15) is 25.3 Å². The first-order valence-corrected chi connectivity index (χ1v) is 6.86. The Balaban J connectivity index is 2.16. The Kier molecular flexibility index (Phi) is 4.80. The molecule has 1 fully saturated rings. The molecule has 1 unspecified atom stereocenters. The van der Waals surface area contributed by atoms with Crippen molar-refractivity contribution in [3.63, 3.8) is 0 Å². The van der Waals surface area contributed by atoms with Gasteiger partial charge in [-0.05, 0) is 24.5 Å². The fraction of sp³-hybridized carbons (Fsp3) is 0.533. The number of ether oxygens (including phenoxy) is 1. The van der Waals surface area contributed by atoms with E-state index in [9.17, 15) is 4.79 Å². The molecular formula is C15H21NO3. The summed E-state index contributed by atoms with van der Waals surface area (Å²) in [6.45, 7) is 4.31. The third-order valence-electron chi connectivity index (χ3n) is 3.60. The van der Waals surface area contributed by atoms with Crippen LogP contribution in [0.15, 0.2) is 24.3 Å². The van der Waals surface area contributed by atoms with Crippen molar-refractivity contribution in [1.82, 2.24) is 0 Å². The van der Waals surface area contributed by atoms with E-state index >= 15 is 0 Å². The molecule has 0 amide bonds. The number of aryl methyl sites for hydroxylation is 1. The Labute approximate surface area is 114 Å². The van der Waals surface area contributed by atoms with Crippen molar-refractivity contribution in [3.8, 4) is 0 Å². The molecule has 0 radical (unpaired) electrons. The van der Waals surface area contributed by atoms with Crippen molar-refractivity contribution in [2.45, 2.75) is 32.2 Å². The first kappa shape index (κ1) is 13.9. The zero-order chi connectivity index (χ0) is 13.7. The first-order valence-electron chi connectivity index (χ1n) is 6.86. The average Bonchev–Trinajstić information content (AvgIpc) is 2.45. The second-order valence-corrected chi connectivity index (χ2v) is 4.84. The number of carboxylic acids is 1. The summed E-state index contributed by atoms with van der Waals surface area (Å²) in [6, 6.07) is 8.52. The molecule has 1 saturated heterocycles. The van der Waals surface area contributed by atoms with Gasteiger partial charge in [-0.1, -0.05) is 25.1 Å². The predicted octanol–water partition coefficient (Wildman–Crippen LogP) is 2.32. The van der Waals surface area contributed by atoms with Crippen molar-refractivity contribution in [2.75, 3.05) is 24.7 Å². The standard InChI is InChI=1S/C15H21NO3/c1-2-12-5-3-4-6-14(12)16-9-10-19-11-13(16)7-8-15(17)18/h3-6,13H,2,7-11H2,1H3,(H,17,18). The zero-order valence-electron chi connectivity index (χ0n) is 11.3. The third-order valence-corrected chi connectivity index (χ3v) is 3.60. The van der Waals surface area contributed by atoms with Gasteiger partial charge in [0.1, 0.15) is 0 Å². The van der Waals surface area contributed by atoms with Gasteiger partial charge in [-0.25, -0.2) is 0 Å². The van der Waals surface area contributed by atoms with Crippen LogP contribution in [0.3, 0.4) is 0 Å². The van der Waals surface area contributed by atoms with Crippen LogP contribution in [0.25, 0.3) is 0 Å². The molecule has 104 valence electrons. The summed E-state index contributed by atoms with van der Waals surface area (Å²) in [4.78, 5) is 13.1. The molecule has 1 atom stereocenters. The second-order valence-electron chi connectivity index (χ2n) is 4.84. The van der Waals surface area contributed by atoms with E-state index < -0.39 is 5.97 Å². The van der Waals surface area contributed by atoms with Gasteiger partial charge in [0.15, 0.2) is 0 Å². The van der Waals surface area contributed by atoms with Crippen LogP contribution in [0.2, 0.25) is 0 Å². The number of carboxylic acid groups (broad SMARTS) is 1. The Bertz CT molecular complexity index is 433. The molecule has 4 heteroatoms. The molecule has 1 aliphatic rings. The smallest absolute Gasteiger partial charge is 0.303 e. The summed E-state index contributed by atoms with van der Waals surface area (Å²) in [7, 11) is 0. The van der Waals surface area contributed by atoms with Crippen LogP contribution < -0.4 is 4.90 Å². The summed E-state index contributed by atoms with van der Waals surface area (Å²) in [6.07, 6.45) is 1.81. The lowest BCUT2D eigenvalue weighted by Gasteiger charge is -2.38. The average molecular weight is 263 g/mol. The van der Waals surface area contributed by atoms with Gasteiger partial charge in [0.25, 0.3) is 0 Å². The number of hydrogen-bond acceptors (Lipinski definition) is 3. The van der Waals surface area contributed by atoms with Crippen molar-refractivity contribution >= 4 is 11.7 Å². The topological polar surface area (TPSA) is 49.8 Å². The summed E-state index contributed by atoms with van der Waals surface area (Å²) >= 11 is 0. The molecule has 0 spiro atoms. The van der Waals surface area contributed by atoms with E-state index in [0.717, 1.165) is 13.0 Å². The van der Waals surface area contributed by atoms with E-state index in [-0.39, 0.29) is 12.5 Å². The van der Waals surface area contributed by atoms with Crippen LogP contribution >= 0.6 is 0 Å². The maximum atomic E-state index is 10.7. The number of nitrogens with zero attached hydrogens (tertiary/aromatic N) is 1. The number of benzene rings is 1. The first-order chi connectivity index (χ1) is 9.22. The summed E-state index contributed by atoms with van der Waals surface area (Å²) in [5.74, 6) is -0.741. The maximum absolute atomic E-state index is 10.7. The lowest BCUT2D eigenvalue weighted by atomic mass is 10.0. The van der Waals surface area contributed by atoms with Gasteiger partial charge in [0.2, 0.25) is 0 Å². The van der Waals surface area contributed by atoms with Gasteiger partial charge in [0, 0.05) is 18.7 Å². The Morgan fingerprint density at radius 1 is 1.47 bits per heavy atom. The zero-order valence-corrected chi connectivity index (χ0v) is 11.3. The minimum Gasteiger partial charge on any atom is -0.481 e. The number of para-hydroxylation sites is 1. The van der Waals surface area contributed by atoms with Crippen molar-refractivity contribution in [3.05, 3.63) is 29.8 Å². The fourth-order valence-electron chi connectivity index (χ4n) is 2.59. The molecule has 1 N–H and O–H groups in total. The van der Waals surface area contributed by atoms with E-state index in [1.54, 1.807) is 0 Å². The van der Waals surface area contributed by atoms with E-state index in [4.69, 9.17) is 9.84 Å². The highest BCUT2D eigenvalue weighted by atomic mass is 16.5. The predicted molar refractivity (Wildman–Crippen MR) is 74.6 cm³/mol. The molecule has 1 aliphatic heterocycles. The summed E-state index contributed by atoms with van der Waals surface area (Å²) in [5, 5.41) is 8.84. The van der Waals surface area contributed by atoms with E-state index in [0.29, 0.717) is 19.6 Å². The molecule has 19 heavy (non-hydrogen) atoms. The van der Waals surface area contributed by atoms with E-state index in [2.05, 4.69) is 30.0 Å². The highest BCUT2D eigenvalue weighted by Gasteiger charge is 2.24. The normalized spacial score (nSPS) is 19.4. The molecule has 2 rings (SSSR count). The molecular weight excluding hydrogens is 242 g/mol. The second kappa shape index (κ2) is 6.57. The number of morpholine rings is 1. The monoisotopic (exact) mass is 263 g/mol. The van der Waals surface area contributed by atoms with Crippen LogP contribution in [0.4, 0.5) is 5.69 Å². The van der Waals surface area contributed by atoms with E-state index in [1.165, 1.54) is 11.3 Å². The lowest BCUT2D eigenvalue weighted by molar-refractivity contribution is -0.137. The van der Waals surface area contributed by atoms with Crippen LogP contribution in [-0.4, -0.2) is 36.9 Å². The minimum absolute atomic E-state index is 0.164. The van der Waals surface area contributed by atoms with Gasteiger partial charge in [-0.3, -0.25) is 4.79 Å². The molecule has 1 heterocycles. The molecule has 4 nitrogen and oxygen atoms in total. The summed E-state index contributed by atoms with van der Waals surface area (Å²) < 4.78 is 5.51. The van der Waals surface area contributed by atoms with Crippen molar-refractivity contribution in [1.29, 1.82) is 0 Å². The largest absolute Gasteiger partial charge is 0.481 e. The number of carbonyl (C=O) groups is 1. The number of aliphatic carboxylic acids is 1. The Hall–Kier alpha value is -1.55. The van der Waals surface area contributed by atoms with Crippen LogP contribution in [-0.2, 0) is 16.0 Å². The fourth-order valence-corrected chi connectivity index (χ4v) is 2.59. The van der Waals surface area contributed by atoms with Crippen LogP contribution in [0.5, 0.6) is 0 Å². The SMILES string of the molecule is CCc1ccccc1N1CCOCC1CCC(=O)O. The quantitative estimate of drug-likeness (QED) is 0.885. The van der Waals surface area contributed by atoms with Gasteiger partial charge in [-0.15, -0.1) is 0 Å². The van der Waals surface area contributed by atoms with Gasteiger partial charge in [0.05, 0.1) is 19.3 Å². The molecule has 1 aromatic carbocycles. The maximum Gasteiger partial charge on any atom is 0.303 e. The lowest BCUT2D eigenvalue weighted by Crippen LogP contribution is -2.46. The highest BCUT2D eigenvalue weighted by molar-refractivity contribution is 5.67. The molecule has 0 bridgehead atoms. The minimum atomic E-state index is -0.741. The van der Waals surface area contributed by atoms with E-state index in [1.807, 2.05) is 6.07 Å². The highest BCUT2D eigenvalue weighted by Crippen LogP contribution is 2.26. The molecule has 1 aromatic rings. The van der Waals surface area contributed by atoms with Gasteiger partial charge >= 0.3 is 5.97 Å². The summed E-state index contributed by atoms with van der Waals surface area (Å²) in [5.41, 5.74) is 2.54.